The Morgan fingerprint density at radius 3 is 2.75 bits per heavy atom. The van der Waals surface area contributed by atoms with Crippen LogP contribution in [-0.4, -0.2) is 27.4 Å². The molecule has 2 rings (SSSR count). The molecule has 5 heteroatoms. The number of ether oxygens (including phenoxy) is 1. The molecule has 0 aromatic carbocycles. The van der Waals surface area contributed by atoms with Crippen molar-refractivity contribution in [2.24, 2.45) is 7.05 Å². The molecule has 2 aromatic heterocycles. The Morgan fingerprint density at radius 2 is 2.15 bits per heavy atom. The summed E-state index contributed by atoms with van der Waals surface area (Å²) in [6.07, 6.45) is 6.50. The molecular weight excluding hydrogens is 252 g/mol. The van der Waals surface area contributed by atoms with Crippen molar-refractivity contribution in [1.82, 2.24) is 20.1 Å². The summed E-state index contributed by atoms with van der Waals surface area (Å²) in [5.41, 5.74) is 2.21. The predicted octanol–water partition coefficient (Wildman–Crippen LogP) is 1.93. The Bertz CT molecular complexity index is 519. The first-order valence-corrected chi connectivity index (χ1v) is 6.92. The number of hydrogen-bond acceptors (Lipinski definition) is 4. The van der Waals surface area contributed by atoms with Crippen molar-refractivity contribution in [3.63, 3.8) is 0 Å². The zero-order valence-corrected chi connectivity index (χ0v) is 12.3. The van der Waals surface area contributed by atoms with E-state index in [4.69, 9.17) is 4.74 Å². The zero-order valence-electron chi connectivity index (χ0n) is 12.3. The maximum absolute atomic E-state index is 5.68. The van der Waals surface area contributed by atoms with Crippen LogP contribution in [0.3, 0.4) is 0 Å². The summed E-state index contributed by atoms with van der Waals surface area (Å²) in [6.45, 7) is 5.66. The number of rotatable bonds is 7. The Balaban J connectivity index is 1.76. The van der Waals surface area contributed by atoms with Crippen molar-refractivity contribution in [3.8, 4) is 5.75 Å². The number of hydrogen-bond donors (Lipinski definition) is 1. The van der Waals surface area contributed by atoms with Crippen LogP contribution in [0, 0.1) is 0 Å². The summed E-state index contributed by atoms with van der Waals surface area (Å²) in [7, 11) is 1.91. The molecule has 0 radical (unpaired) electrons. The summed E-state index contributed by atoms with van der Waals surface area (Å²) in [5, 5.41) is 7.47. The summed E-state index contributed by atoms with van der Waals surface area (Å²) in [5.74, 6) is 0.808. The molecule has 0 unspecified atom stereocenters. The lowest BCUT2D eigenvalue weighted by molar-refractivity contribution is 0.320. The van der Waals surface area contributed by atoms with Gasteiger partial charge in [0.2, 0.25) is 0 Å². The highest BCUT2D eigenvalue weighted by molar-refractivity contribution is 5.20. The highest BCUT2D eigenvalue weighted by atomic mass is 16.5. The summed E-state index contributed by atoms with van der Waals surface area (Å²) >= 11 is 0. The highest BCUT2D eigenvalue weighted by Crippen LogP contribution is 2.10. The van der Waals surface area contributed by atoms with E-state index in [9.17, 15) is 0 Å². The van der Waals surface area contributed by atoms with Gasteiger partial charge in [0.05, 0.1) is 24.7 Å². The third-order valence-corrected chi connectivity index (χ3v) is 2.91. The number of aromatic nitrogens is 3. The van der Waals surface area contributed by atoms with Gasteiger partial charge in [-0.15, -0.1) is 0 Å². The largest absolute Gasteiger partial charge is 0.492 e. The number of nitrogens with one attached hydrogen (secondary N) is 1. The fourth-order valence-electron chi connectivity index (χ4n) is 1.80. The molecule has 0 aliphatic carbocycles. The van der Waals surface area contributed by atoms with Crippen molar-refractivity contribution in [2.45, 2.75) is 32.9 Å². The number of nitrogens with zero attached hydrogens (tertiary/aromatic N) is 3. The lowest BCUT2D eigenvalue weighted by atomic mass is 10.3. The SMILES string of the molecule is CC(C)NCc1ccc(OCCc2cnn(C)c2)cn1. The lowest BCUT2D eigenvalue weighted by Gasteiger charge is -2.08. The van der Waals surface area contributed by atoms with Crippen LogP contribution in [-0.2, 0) is 20.0 Å². The van der Waals surface area contributed by atoms with Gasteiger partial charge in [-0.25, -0.2) is 0 Å². The van der Waals surface area contributed by atoms with Gasteiger partial charge in [-0.2, -0.15) is 5.10 Å². The predicted molar refractivity (Wildman–Crippen MR) is 78.6 cm³/mol. The van der Waals surface area contributed by atoms with Crippen LogP contribution >= 0.6 is 0 Å². The minimum absolute atomic E-state index is 0.465. The maximum Gasteiger partial charge on any atom is 0.137 e. The van der Waals surface area contributed by atoms with Gasteiger partial charge in [0.1, 0.15) is 5.75 Å². The van der Waals surface area contributed by atoms with Crippen molar-refractivity contribution < 1.29 is 4.74 Å². The van der Waals surface area contributed by atoms with E-state index in [1.165, 1.54) is 5.56 Å². The minimum Gasteiger partial charge on any atom is -0.492 e. The molecule has 0 bridgehead atoms. The second kappa shape index (κ2) is 7.05. The van der Waals surface area contributed by atoms with Crippen molar-refractivity contribution in [2.75, 3.05) is 6.61 Å². The van der Waals surface area contributed by atoms with Crippen LogP contribution in [0.5, 0.6) is 5.75 Å². The van der Waals surface area contributed by atoms with E-state index in [0.717, 1.165) is 24.4 Å². The Morgan fingerprint density at radius 1 is 1.30 bits per heavy atom. The van der Waals surface area contributed by atoms with Crippen LogP contribution in [0.25, 0.3) is 0 Å². The third-order valence-electron chi connectivity index (χ3n) is 2.91. The molecular formula is C15H22N4O. The highest BCUT2D eigenvalue weighted by Gasteiger charge is 2.00. The van der Waals surface area contributed by atoms with E-state index in [1.807, 2.05) is 31.6 Å². The van der Waals surface area contributed by atoms with Crippen LogP contribution in [0.4, 0.5) is 0 Å². The molecule has 0 fully saturated rings. The van der Waals surface area contributed by atoms with E-state index >= 15 is 0 Å². The normalized spacial score (nSPS) is 11.0. The average Bonchev–Trinajstić information content (AvgIpc) is 2.83. The molecule has 0 aliphatic rings. The molecule has 0 saturated heterocycles. The molecule has 108 valence electrons. The van der Waals surface area contributed by atoms with Gasteiger partial charge < -0.3 is 10.1 Å². The molecule has 1 N–H and O–H groups in total. The first kappa shape index (κ1) is 14.5. The number of aryl methyl sites for hydroxylation is 1. The molecule has 20 heavy (non-hydrogen) atoms. The Labute approximate surface area is 120 Å². The van der Waals surface area contributed by atoms with Gasteiger partial charge in [0.25, 0.3) is 0 Å². The Kier molecular flexibility index (Phi) is 5.12. The maximum atomic E-state index is 5.68. The summed E-state index contributed by atoms with van der Waals surface area (Å²) in [6, 6.07) is 4.43. The topological polar surface area (TPSA) is 52.0 Å². The molecule has 0 spiro atoms. The molecule has 2 heterocycles. The Hall–Kier alpha value is -1.88. The molecule has 0 saturated carbocycles. The second-order valence-electron chi connectivity index (χ2n) is 5.14. The van der Waals surface area contributed by atoms with Crippen molar-refractivity contribution >= 4 is 0 Å². The van der Waals surface area contributed by atoms with Crippen LogP contribution in [0.1, 0.15) is 25.1 Å². The van der Waals surface area contributed by atoms with Crippen LogP contribution in [0.15, 0.2) is 30.7 Å². The third kappa shape index (κ3) is 4.66. The standard InChI is InChI=1S/C15H22N4O/c1-12(2)16-9-14-4-5-15(10-17-14)20-7-6-13-8-18-19(3)11-13/h4-5,8,10-12,16H,6-7,9H2,1-3H3. The van der Waals surface area contributed by atoms with Gasteiger partial charge in [0, 0.05) is 32.3 Å². The van der Waals surface area contributed by atoms with Crippen molar-refractivity contribution in [3.05, 3.63) is 42.0 Å². The molecule has 0 atom stereocenters. The molecule has 0 aliphatic heterocycles. The van der Waals surface area contributed by atoms with E-state index in [0.29, 0.717) is 12.6 Å². The number of pyridine rings is 1. The zero-order chi connectivity index (χ0) is 14.4. The van der Waals surface area contributed by atoms with Crippen LogP contribution in [0.2, 0.25) is 0 Å². The second-order valence-corrected chi connectivity index (χ2v) is 5.14. The fourth-order valence-corrected chi connectivity index (χ4v) is 1.80. The molecule has 0 amide bonds. The van der Waals surface area contributed by atoms with E-state index in [1.54, 1.807) is 10.9 Å². The van der Waals surface area contributed by atoms with Gasteiger partial charge in [0.15, 0.2) is 0 Å². The van der Waals surface area contributed by atoms with Crippen LogP contribution < -0.4 is 10.1 Å². The first-order valence-electron chi connectivity index (χ1n) is 6.92. The fraction of sp³-hybridized carbons (Fsp3) is 0.467. The van der Waals surface area contributed by atoms with E-state index in [-0.39, 0.29) is 0 Å². The smallest absolute Gasteiger partial charge is 0.137 e. The van der Waals surface area contributed by atoms with Crippen molar-refractivity contribution in [1.29, 1.82) is 0 Å². The summed E-state index contributed by atoms with van der Waals surface area (Å²) in [4.78, 5) is 4.38. The minimum atomic E-state index is 0.465. The van der Waals surface area contributed by atoms with Gasteiger partial charge in [-0.1, -0.05) is 13.8 Å². The lowest BCUT2D eigenvalue weighted by Crippen LogP contribution is -2.22. The van der Waals surface area contributed by atoms with E-state index < -0.39 is 0 Å². The average molecular weight is 274 g/mol. The van der Waals surface area contributed by atoms with E-state index in [2.05, 4.69) is 29.2 Å². The molecule has 5 nitrogen and oxygen atoms in total. The van der Waals surface area contributed by atoms with Gasteiger partial charge >= 0.3 is 0 Å². The quantitative estimate of drug-likeness (QED) is 0.838. The van der Waals surface area contributed by atoms with Gasteiger partial charge in [-0.05, 0) is 17.7 Å². The van der Waals surface area contributed by atoms with Gasteiger partial charge in [-0.3, -0.25) is 9.67 Å². The summed E-state index contributed by atoms with van der Waals surface area (Å²) < 4.78 is 7.48. The molecule has 2 aromatic rings. The first-order chi connectivity index (χ1) is 9.63. The monoisotopic (exact) mass is 274 g/mol.